The van der Waals surface area contributed by atoms with Gasteiger partial charge in [0.25, 0.3) is 0 Å². The van der Waals surface area contributed by atoms with E-state index in [1.165, 1.54) is 34.0 Å². The molecule has 12 heteroatoms. The Labute approximate surface area is 200 Å². The molecule has 25 heavy (non-hydrogen) atoms. The Balaban J connectivity index is 2.34. The highest BCUT2D eigenvalue weighted by Gasteiger charge is 2.34. The first kappa shape index (κ1) is 21.4. The molecule has 0 aliphatic carbocycles. The Kier molecular flexibility index (Phi) is 7.04. The lowest BCUT2D eigenvalue weighted by Crippen LogP contribution is -2.00. The molecule has 133 valence electrons. The summed E-state index contributed by atoms with van der Waals surface area (Å²) < 4.78 is 0.983. The fourth-order valence-electron chi connectivity index (χ4n) is 1.89. The molecule has 0 atom stereocenters. The van der Waals surface area contributed by atoms with E-state index < -0.39 is 0 Å². The highest BCUT2D eigenvalue weighted by Crippen LogP contribution is 2.56. The van der Waals surface area contributed by atoms with Crippen LogP contribution >= 0.6 is 138 Å². The van der Waals surface area contributed by atoms with Gasteiger partial charge in [0, 0.05) is 14.6 Å². The van der Waals surface area contributed by atoms with Crippen molar-refractivity contribution in [3.05, 3.63) is 63.7 Å². The Morgan fingerprint density at radius 2 is 0.640 bits per heavy atom. The second kappa shape index (κ2) is 8.22. The zero-order valence-corrected chi connectivity index (χ0v) is 20.4. The Morgan fingerprint density at radius 3 is 0.800 bits per heavy atom. The lowest BCUT2D eigenvalue weighted by Gasteiger charge is -2.13. The molecule has 0 saturated heterocycles. The molecule has 0 nitrogen and oxygen atoms in total. The van der Waals surface area contributed by atoms with Crippen molar-refractivity contribution in [3.8, 4) is 0 Å². The van der Waals surface area contributed by atoms with Gasteiger partial charge in [-0.3, -0.25) is 0 Å². The topological polar surface area (TPSA) is 0 Å². The molecule has 3 rings (SSSR count). The van der Waals surface area contributed by atoms with Gasteiger partial charge >= 0.3 is 0 Å². The van der Waals surface area contributed by atoms with E-state index in [9.17, 15) is 0 Å². The minimum Gasteiger partial charge on any atom is -0.124 e. The minimum absolute atomic E-state index is 0.232. The van der Waals surface area contributed by atoms with Crippen molar-refractivity contribution in [2.24, 2.45) is 0 Å². The van der Waals surface area contributed by atoms with Crippen LogP contribution in [0.4, 0.5) is 0 Å². The minimum atomic E-state index is 0.232. The average Bonchev–Trinajstić information content (AvgIpc) is 3.08. The number of thiophene rings is 3. The Morgan fingerprint density at radius 1 is 0.400 bits per heavy atom. The Bertz CT molecular complexity index is 844. The summed E-state index contributed by atoms with van der Waals surface area (Å²) in [6.45, 7) is 0. The summed E-state index contributed by atoms with van der Waals surface area (Å²) >= 11 is 59.4. The molecular formula is C13Cl9S3. The SMILES string of the molecule is Clc1sc([C](c2sc(Cl)c(Cl)c2Cl)c2sc(Cl)c(Cl)c2Cl)c(Cl)c1Cl. The van der Waals surface area contributed by atoms with E-state index in [1.54, 1.807) is 0 Å². The molecule has 3 aromatic heterocycles. The molecule has 0 aliphatic heterocycles. The molecular weight excluding hydrogens is 571 g/mol. The first-order chi connectivity index (χ1) is 11.6. The number of hydrogen-bond acceptors (Lipinski definition) is 3. The van der Waals surface area contributed by atoms with E-state index in [0.29, 0.717) is 33.6 Å². The second-order valence-corrected chi connectivity index (χ2v) is 11.5. The average molecular weight is 571 g/mol. The maximum Gasteiger partial charge on any atom is 0.113 e. The standard InChI is InChI=1S/C13Cl9S3/c14-2-5(17)11(20)23-8(2)1(9-3(15)6(18)12(21)24-9)10-4(16)7(19)13(22)25-10. The van der Waals surface area contributed by atoms with E-state index in [-0.39, 0.29) is 30.1 Å². The molecule has 0 spiro atoms. The zero-order chi connectivity index (χ0) is 18.6. The van der Waals surface area contributed by atoms with Gasteiger partial charge in [0.2, 0.25) is 0 Å². The van der Waals surface area contributed by atoms with Crippen LogP contribution in [0.1, 0.15) is 14.6 Å². The summed E-state index contributed by atoms with van der Waals surface area (Å²) in [4.78, 5) is 1.68. The van der Waals surface area contributed by atoms with Crippen molar-refractivity contribution in [2.45, 2.75) is 0 Å². The van der Waals surface area contributed by atoms with Gasteiger partial charge in [-0.2, -0.15) is 0 Å². The molecule has 0 saturated carbocycles. The third-order valence-electron chi connectivity index (χ3n) is 2.95. The summed E-state index contributed by atoms with van der Waals surface area (Å²) in [7, 11) is 0. The van der Waals surface area contributed by atoms with Crippen LogP contribution in [-0.2, 0) is 0 Å². The summed E-state index contributed by atoms with van der Waals surface area (Å²) in [5.74, 6) is 0.566. The van der Waals surface area contributed by atoms with E-state index >= 15 is 0 Å². The third kappa shape index (κ3) is 3.80. The van der Waals surface area contributed by atoms with Gasteiger partial charge in [-0.05, 0) is 0 Å². The smallest absolute Gasteiger partial charge is 0.113 e. The monoisotopic (exact) mass is 567 g/mol. The second-order valence-electron chi connectivity index (χ2n) is 4.37. The van der Waals surface area contributed by atoms with Gasteiger partial charge in [0.05, 0.1) is 36.1 Å². The van der Waals surface area contributed by atoms with Gasteiger partial charge in [-0.25, -0.2) is 0 Å². The fraction of sp³-hybridized carbons (Fsp3) is 0. The van der Waals surface area contributed by atoms with Crippen molar-refractivity contribution in [3.63, 3.8) is 0 Å². The van der Waals surface area contributed by atoms with Crippen LogP contribution in [0.15, 0.2) is 0 Å². The quantitative estimate of drug-likeness (QED) is 0.293. The largest absolute Gasteiger partial charge is 0.124 e. The van der Waals surface area contributed by atoms with E-state index in [0.717, 1.165) is 0 Å². The number of halogens is 9. The van der Waals surface area contributed by atoms with Gasteiger partial charge in [-0.15, -0.1) is 34.0 Å². The summed E-state index contributed by atoms with van der Waals surface area (Å²) in [5, 5.41) is 1.49. The Hall–Kier alpha value is 1.71. The van der Waals surface area contributed by atoms with E-state index in [1.807, 2.05) is 0 Å². The van der Waals surface area contributed by atoms with Crippen LogP contribution < -0.4 is 0 Å². The first-order valence-electron chi connectivity index (χ1n) is 5.93. The van der Waals surface area contributed by atoms with E-state index in [2.05, 4.69) is 0 Å². The van der Waals surface area contributed by atoms with Gasteiger partial charge in [0.15, 0.2) is 0 Å². The van der Waals surface area contributed by atoms with Crippen molar-refractivity contribution in [1.29, 1.82) is 0 Å². The van der Waals surface area contributed by atoms with Crippen LogP contribution in [-0.4, -0.2) is 0 Å². The van der Waals surface area contributed by atoms with Gasteiger partial charge in [0.1, 0.15) is 13.0 Å². The van der Waals surface area contributed by atoms with Gasteiger partial charge < -0.3 is 0 Å². The molecule has 0 amide bonds. The number of hydrogen-bond donors (Lipinski definition) is 0. The lowest BCUT2D eigenvalue weighted by atomic mass is 10.0. The highest BCUT2D eigenvalue weighted by atomic mass is 35.5. The van der Waals surface area contributed by atoms with Crippen LogP contribution in [0.3, 0.4) is 0 Å². The molecule has 0 fully saturated rings. The highest BCUT2D eigenvalue weighted by molar-refractivity contribution is 7.21. The van der Waals surface area contributed by atoms with Crippen LogP contribution in [0.5, 0.6) is 0 Å². The maximum absolute atomic E-state index is 6.37. The molecule has 0 aromatic carbocycles. The van der Waals surface area contributed by atoms with Crippen LogP contribution in [0.25, 0.3) is 0 Å². The fourth-order valence-corrected chi connectivity index (χ4v) is 7.69. The summed E-state index contributed by atoms with van der Waals surface area (Å²) in [6, 6.07) is 0. The third-order valence-corrected chi connectivity index (χ3v) is 10.7. The van der Waals surface area contributed by atoms with Crippen LogP contribution in [0, 0.1) is 5.92 Å². The zero-order valence-electron chi connectivity index (χ0n) is 11.1. The summed E-state index contributed by atoms with van der Waals surface area (Å²) in [6.07, 6.45) is 0. The van der Waals surface area contributed by atoms with Crippen molar-refractivity contribution < 1.29 is 0 Å². The predicted molar refractivity (Wildman–Crippen MR) is 119 cm³/mol. The van der Waals surface area contributed by atoms with Crippen molar-refractivity contribution in [1.82, 2.24) is 0 Å². The molecule has 0 aliphatic rings. The molecule has 1 radical (unpaired) electrons. The van der Waals surface area contributed by atoms with Crippen molar-refractivity contribution >= 4 is 138 Å². The summed E-state index contributed by atoms with van der Waals surface area (Å²) in [5.41, 5.74) is 0. The molecule has 3 heterocycles. The lowest BCUT2D eigenvalue weighted by molar-refractivity contribution is 1.37. The molecule has 0 bridgehead atoms. The van der Waals surface area contributed by atoms with Gasteiger partial charge in [-0.1, -0.05) is 104 Å². The maximum atomic E-state index is 6.37. The molecule has 3 aromatic rings. The predicted octanol–water partition coefficient (Wildman–Crippen LogP) is 10.8. The first-order valence-corrected chi connectivity index (χ1v) is 11.8. The van der Waals surface area contributed by atoms with E-state index in [4.69, 9.17) is 104 Å². The van der Waals surface area contributed by atoms with Crippen molar-refractivity contribution in [2.75, 3.05) is 0 Å². The van der Waals surface area contributed by atoms with Crippen LogP contribution in [0.2, 0.25) is 43.1 Å². The number of rotatable bonds is 3. The molecule has 0 unspecified atom stereocenters. The normalized spacial score (nSPS) is 11.8. The molecule has 0 N–H and O–H groups in total.